The smallest absolute Gasteiger partial charge is 0.130 e. The fourth-order valence-electron chi connectivity index (χ4n) is 2.17. The molecule has 0 aliphatic heterocycles. The number of halogens is 2. The predicted molar refractivity (Wildman–Crippen MR) is 84.7 cm³/mol. The zero-order chi connectivity index (χ0) is 13.1. The van der Waals surface area contributed by atoms with Crippen LogP contribution < -0.4 is 10.5 Å². The molecule has 0 aliphatic carbocycles. The molecule has 2 aromatic rings. The summed E-state index contributed by atoms with van der Waals surface area (Å²) in [4.78, 5) is 0. The minimum atomic E-state index is 0. The van der Waals surface area contributed by atoms with Crippen molar-refractivity contribution >= 4 is 34.8 Å². The first-order valence-electron chi connectivity index (χ1n) is 6.22. The quantitative estimate of drug-likeness (QED) is 0.918. The Bertz CT molecular complexity index is 555. The highest BCUT2D eigenvalue weighted by Gasteiger charge is 2.13. The average molecular weight is 300 g/mol. The molecule has 2 aromatic carbocycles. The third kappa shape index (κ3) is 3.53. The lowest BCUT2D eigenvalue weighted by Gasteiger charge is -2.16. The molecular weight excluding hydrogens is 281 g/mol. The van der Waals surface area contributed by atoms with Crippen molar-refractivity contribution in [2.45, 2.75) is 26.3 Å². The van der Waals surface area contributed by atoms with Crippen molar-refractivity contribution in [3.63, 3.8) is 0 Å². The second-order valence-corrected chi connectivity index (χ2v) is 4.91. The number of hydrogen-bond donors (Lipinski definition) is 1. The fraction of sp³-hybridized carbons (Fsp3) is 0.333. The molecule has 2 rings (SSSR count). The van der Waals surface area contributed by atoms with Gasteiger partial charge in [-0.3, -0.25) is 0 Å². The Morgan fingerprint density at radius 3 is 2.47 bits per heavy atom. The molecule has 0 saturated heterocycles. The van der Waals surface area contributed by atoms with E-state index in [2.05, 4.69) is 0 Å². The highest BCUT2D eigenvalue weighted by Crippen LogP contribution is 2.35. The van der Waals surface area contributed by atoms with E-state index in [0.29, 0.717) is 6.61 Å². The van der Waals surface area contributed by atoms with Crippen molar-refractivity contribution in [1.82, 2.24) is 0 Å². The number of fused-ring (bicyclic) bond motifs is 1. The monoisotopic (exact) mass is 299 g/mol. The normalized spacial score (nSPS) is 12.0. The third-order valence-corrected chi connectivity index (χ3v) is 3.16. The van der Waals surface area contributed by atoms with E-state index >= 15 is 0 Å². The summed E-state index contributed by atoms with van der Waals surface area (Å²) in [7, 11) is 0. The molecule has 0 spiro atoms. The van der Waals surface area contributed by atoms with Crippen molar-refractivity contribution in [1.29, 1.82) is 0 Å². The minimum absolute atomic E-state index is 0. The van der Waals surface area contributed by atoms with E-state index in [1.165, 1.54) is 0 Å². The van der Waals surface area contributed by atoms with E-state index in [1.54, 1.807) is 0 Å². The molecule has 19 heavy (non-hydrogen) atoms. The van der Waals surface area contributed by atoms with Crippen LogP contribution in [0.4, 0.5) is 0 Å². The number of hydrogen-bond acceptors (Lipinski definition) is 2. The van der Waals surface area contributed by atoms with Gasteiger partial charge >= 0.3 is 0 Å². The average Bonchev–Trinajstić information content (AvgIpc) is 2.33. The minimum Gasteiger partial charge on any atom is -0.493 e. The summed E-state index contributed by atoms with van der Waals surface area (Å²) in [5, 5.41) is 2.84. The van der Waals surface area contributed by atoms with Gasteiger partial charge in [-0.15, -0.1) is 12.4 Å². The molecule has 0 heterocycles. The van der Waals surface area contributed by atoms with E-state index < -0.39 is 0 Å². The van der Waals surface area contributed by atoms with Crippen LogP contribution in [0.5, 0.6) is 5.75 Å². The van der Waals surface area contributed by atoms with Crippen molar-refractivity contribution in [3.8, 4) is 5.75 Å². The van der Waals surface area contributed by atoms with Gasteiger partial charge in [0.25, 0.3) is 0 Å². The summed E-state index contributed by atoms with van der Waals surface area (Å²) >= 11 is 6.32. The summed E-state index contributed by atoms with van der Waals surface area (Å²) in [5.74, 6) is 0.912. The molecule has 1 atom stereocenters. The zero-order valence-corrected chi connectivity index (χ0v) is 12.7. The maximum Gasteiger partial charge on any atom is 0.130 e. The molecular formula is C15H19Cl2NO. The van der Waals surface area contributed by atoms with Crippen molar-refractivity contribution < 1.29 is 4.74 Å². The van der Waals surface area contributed by atoms with Crippen LogP contribution in [0.15, 0.2) is 30.3 Å². The van der Waals surface area contributed by atoms with Gasteiger partial charge in [-0.25, -0.2) is 0 Å². The molecule has 104 valence electrons. The molecule has 0 radical (unpaired) electrons. The van der Waals surface area contributed by atoms with E-state index in [4.69, 9.17) is 22.1 Å². The van der Waals surface area contributed by atoms with Crippen LogP contribution >= 0.6 is 24.0 Å². The predicted octanol–water partition coefficient (Wildman–Crippen LogP) is 4.20. The molecule has 1 unspecified atom stereocenters. The lowest BCUT2D eigenvalue weighted by molar-refractivity contribution is 0.340. The molecule has 0 aliphatic rings. The Morgan fingerprint density at radius 1 is 1.26 bits per heavy atom. The second-order valence-electron chi connectivity index (χ2n) is 4.51. The summed E-state index contributed by atoms with van der Waals surface area (Å²) in [6.45, 7) is 4.61. The van der Waals surface area contributed by atoms with Crippen molar-refractivity contribution in [3.05, 3.63) is 40.9 Å². The lowest BCUT2D eigenvalue weighted by atomic mass is 10.0. The first kappa shape index (κ1) is 16.1. The maximum atomic E-state index is 6.32. The van der Waals surface area contributed by atoms with Crippen LogP contribution in [0.3, 0.4) is 0 Å². The zero-order valence-electron chi connectivity index (χ0n) is 11.2. The van der Waals surface area contributed by atoms with Crippen LogP contribution in [-0.4, -0.2) is 12.6 Å². The molecule has 0 saturated carbocycles. The molecule has 0 bridgehead atoms. The summed E-state index contributed by atoms with van der Waals surface area (Å²) < 4.78 is 5.79. The summed E-state index contributed by atoms with van der Waals surface area (Å²) in [5.41, 5.74) is 6.96. The number of rotatable bonds is 4. The van der Waals surface area contributed by atoms with E-state index in [9.17, 15) is 0 Å². The number of nitrogens with two attached hydrogens (primary N) is 1. The Labute approximate surface area is 125 Å². The third-order valence-electron chi connectivity index (χ3n) is 2.85. The molecule has 2 N–H and O–H groups in total. The van der Waals surface area contributed by atoms with Crippen LogP contribution in [0.2, 0.25) is 5.02 Å². The Kier molecular flexibility index (Phi) is 5.92. The van der Waals surface area contributed by atoms with Gasteiger partial charge in [-0.2, -0.15) is 0 Å². The van der Waals surface area contributed by atoms with Crippen molar-refractivity contribution in [2.75, 3.05) is 6.61 Å². The largest absolute Gasteiger partial charge is 0.493 e. The molecule has 4 heteroatoms. The van der Waals surface area contributed by atoms with Gasteiger partial charge in [0.1, 0.15) is 5.75 Å². The standard InChI is InChI=1S/C15H18ClNO.ClH/c1-3-18-15-11(8-10(2)17)9-14(16)12-6-4-5-7-13(12)15;/h4-7,9-10H,3,8,17H2,1-2H3;1H. The van der Waals surface area contributed by atoms with Gasteiger partial charge in [0.2, 0.25) is 0 Å². The molecule has 0 amide bonds. The Hall–Kier alpha value is -0.960. The molecule has 2 nitrogen and oxygen atoms in total. The topological polar surface area (TPSA) is 35.2 Å². The highest BCUT2D eigenvalue weighted by atomic mass is 35.5. The van der Waals surface area contributed by atoms with Gasteiger partial charge in [0.15, 0.2) is 0 Å². The van der Waals surface area contributed by atoms with E-state index in [0.717, 1.165) is 33.5 Å². The maximum absolute atomic E-state index is 6.32. The Morgan fingerprint density at radius 2 is 1.89 bits per heavy atom. The van der Waals surface area contributed by atoms with E-state index in [1.807, 2.05) is 44.2 Å². The second kappa shape index (κ2) is 6.99. The number of benzene rings is 2. The van der Waals surface area contributed by atoms with Gasteiger partial charge in [0, 0.05) is 21.8 Å². The molecule has 0 fully saturated rings. The van der Waals surface area contributed by atoms with E-state index in [-0.39, 0.29) is 18.4 Å². The van der Waals surface area contributed by atoms with Crippen LogP contribution in [0.25, 0.3) is 10.8 Å². The molecule has 0 aromatic heterocycles. The van der Waals surface area contributed by atoms with Crippen molar-refractivity contribution in [2.24, 2.45) is 5.73 Å². The van der Waals surface area contributed by atoms with Crippen LogP contribution in [0.1, 0.15) is 19.4 Å². The van der Waals surface area contributed by atoms with Gasteiger partial charge in [-0.1, -0.05) is 35.9 Å². The summed E-state index contributed by atoms with van der Waals surface area (Å²) in [6.07, 6.45) is 0.764. The van der Waals surface area contributed by atoms with Gasteiger partial charge in [0.05, 0.1) is 6.61 Å². The van der Waals surface area contributed by atoms with Crippen LogP contribution in [0, 0.1) is 0 Å². The first-order valence-corrected chi connectivity index (χ1v) is 6.59. The fourth-order valence-corrected chi connectivity index (χ4v) is 2.47. The lowest BCUT2D eigenvalue weighted by Crippen LogP contribution is -2.18. The Balaban J connectivity index is 0.00000180. The number of ether oxygens (including phenoxy) is 1. The van der Waals surface area contributed by atoms with Gasteiger partial charge in [-0.05, 0) is 31.9 Å². The highest BCUT2D eigenvalue weighted by molar-refractivity contribution is 6.35. The first-order chi connectivity index (χ1) is 8.63. The summed E-state index contributed by atoms with van der Waals surface area (Å²) in [6, 6.07) is 10.1. The van der Waals surface area contributed by atoms with Gasteiger partial charge < -0.3 is 10.5 Å². The van der Waals surface area contributed by atoms with Crippen LogP contribution in [-0.2, 0) is 6.42 Å². The SMILES string of the molecule is CCOc1c(CC(C)N)cc(Cl)c2ccccc12.Cl.